The minimum Gasteiger partial charge on any atom is -0.339 e. The number of nitro groups is 1. The van der Waals surface area contributed by atoms with Gasteiger partial charge in [0, 0.05) is 35.4 Å². The molecule has 0 bridgehead atoms. The Bertz CT molecular complexity index is 886. The normalized spacial score (nSPS) is 12.0. The van der Waals surface area contributed by atoms with Crippen molar-refractivity contribution < 1.29 is 14.5 Å². The fraction of sp³-hybridized carbons (Fsp3) is 0.286. The molecule has 8 nitrogen and oxygen atoms in total. The molecular formula is C21H24N4O4S. The third-order valence-electron chi connectivity index (χ3n) is 3.91. The van der Waals surface area contributed by atoms with Crippen LogP contribution in [0.1, 0.15) is 29.8 Å². The van der Waals surface area contributed by atoms with E-state index in [9.17, 15) is 19.7 Å². The molecule has 30 heavy (non-hydrogen) atoms. The maximum Gasteiger partial charge on any atom is 0.269 e. The second kappa shape index (κ2) is 11.7. The van der Waals surface area contributed by atoms with E-state index in [2.05, 4.69) is 15.8 Å². The monoisotopic (exact) mass is 428 g/mol. The number of amides is 2. The van der Waals surface area contributed by atoms with Gasteiger partial charge in [0.25, 0.3) is 17.5 Å². The Morgan fingerprint density at radius 3 is 2.40 bits per heavy atom. The van der Waals surface area contributed by atoms with Crippen LogP contribution in [-0.4, -0.2) is 34.7 Å². The summed E-state index contributed by atoms with van der Waals surface area (Å²) in [6, 6.07) is 14.2. The molecule has 2 amide bonds. The van der Waals surface area contributed by atoms with Crippen LogP contribution < -0.4 is 10.7 Å². The number of hydrogen-bond acceptors (Lipinski definition) is 6. The predicted molar refractivity (Wildman–Crippen MR) is 118 cm³/mol. The molecular weight excluding hydrogens is 404 g/mol. The smallest absolute Gasteiger partial charge is 0.269 e. The lowest BCUT2D eigenvalue weighted by Gasteiger charge is -2.17. The van der Waals surface area contributed by atoms with E-state index in [-0.39, 0.29) is 17.2 Å². The lowest BCUT2D eigenvalue weighted by Crippen LogP contribution is -2.47. The number of nitrogens with zero attached hydrogens (tertiary/aromatic N) is 2. The van der Waals surface area contributed by atoms with Crippen LogP contribution in [0.5, 0.6) is 0 Å². The van der Waals surface area contributed by atoms with Crippen molar-refractivity contribution >= 4 is 35.5 Å². The van der Waals surface area contributed by atoms with Gasteiger partial charge in [0.2, 0.25) is 0 Å². The van der Waals surface area contributed by atoms with Crippen molar-refractivity contribution in [2.75, 3.05) is 5.75 Å². The molecule has 2 aromatic carbocycles. The van der Waals surface area contributed by atoms with Gasteiger partial charge in [0.15, 0.2) is 0 Å². The predicted octanol–water partition coefficient (Wildman–Crippen LogP) is 3.38. The number of nitro benzene ring substituents is 1. The summed E-state index contributed by atoms with van der Waals surface area (Å²) < 4.78 is 0. The molecule has 0 aliphatic rings. The van der Waals surface area contributed by atoms with Gasteiger partial charge in [-0.2, -0.15) is 16.9 Å². The minimum absolute atomic E-state index is 0.109. The molecule has 1 unspecified atom stereocenters. The Balaban J connectivity index is 2.03. The number of thioether (sulfide) groups is 1. The molecule has 158 valence electrons. The third-order valence-corrected chi connectivity index (χ3v) is 5.01. The summed E-state index contributed by atoms with van der Waals surface area (Å²) in [5.74, 6) is 0.288. The van der Waals surface area contributed by atoms with Crippen molar-refractivity contribution in [1.82, 2.24) is 10.7 Å². The van der Waals surface area contributed by atoms with Crippen molar-refractivity contribution in [2.24, 2.45) is 11.0 Å². The molecule has 2 rings (SSSR count). The van der Waals surface area contributed by atoms with Gasteiger partial charge in [-0.15, -0.1) is 0 Å². The van der Waals surface area contributed by atoms with Crippen LogP contribution in [-0.2, 0) is 10.5 Å². The number of non-ortho nitro benzene ring substituents is 1. The average Bonchev–Trinajstić information content (AvgIpc) is 2.73. The molecule has 1 atom stereocenters. The Labute approximate surface area is 179 Å². The van der Waals surface area contributed by atoms with Crippen molar-refractivity contribution in [3.05, 3.63) is 75.8 Å². The second-order valence-corrected chi connectivity index (χ2v) is 7.86. The molecule has 0 aliphatic heterocycles. The molecule has 0 radical (unpaired) electrons. The van der Waals surface area contributed by atoms with Gasteiger partial charge >= 0.3 is 0 Å². The van der Waals surface area contributed by atoms with Gasteiger partial charge in [0.1, 0.15) is 6.04 Å². The Kier molecular flexibility index (Phi) is 9.02. The highest BCUT2D eigenvalue weighted by molar-refractivity contribution is 7.98. The molecule has 2 N–H and O–H groups in total. The topological polar surface area (TPSA) is 114 Å². The summed E-state index contributed by atoms with van der Waals surface area (Å²) in [6.07, 6.45) is 1.60. The van der Waals surface area contributed by atoms with E-state index in [1.807, 2.05) is 44.2 Å². The van der Waals surface area contributed by atoms with Crippen LogP contribution in [0.4, 0.5) is 5.69 Å². The Morgan fingerprint density at radius 2 is 1.80 bits per heavy atom. The van der Waals surface area contributed by atoms with Crippen LogP contribution in [0.25, 0.3) is 0 Å². The molecule has 0 saturated heterocycles. The zero-order valence-electron chi connectivity index (χ0n) is 16.8. The first-order valence-corrected chi connectivity index (χ1v) is 10.5. The van der Waals surface area contributed by atoms with E-state index >= 15 is 0 Å². The lowest BCUT2D eigenvalue weighted by atomic mass is 10.2. The van der Waals surface area contributed by atoms with Crippen molar-refractivity contribution in [2.45, 2.75) is 25.6 Å². The van der Waals surface area contributed by atoms with Gasteiger partial charge < -0.3 is 5.32 Å². The first kappa shape index (κ1) is 23.1. The van der Waals surface area contributed by atoms with Crippen molar-refractivity contribution in [3.8, 4) is 0 Å². The zero-order valence-corrected chi connectivity index (χ0v) is 17.6. The Morgan fingerprint density at radius 1 is 1.13 bits per heavy atom. The highest BCUT2D eigenvalue weighted by Crippen LogP contribution is 2.15. The number of hydrazone groups is 1. The van der Waals surface area contributed by atoms with Gasteiger partial charge in [-0.1, -0.05) is 44.2 Å². The maximum absolute atomic E-state index is 12.5. The van der Waals surface area contributed by atoms with E-state index < -0.39 is 22.8 Å². The van der Waals surface area contributed by atoms with Crippen molar-refractivity contribution in [1.29, 1.82) is 0 Å². The molecule has 9 heteroatoms. The zero-order chi connectivity index (χ0) is 21.9. The van der Waals surface area contributed by atoms with Crippen LogP contribution in [0, 0.1) is 16.0 Å². The number of carbonyl (C=O) groups is 2. The van der Waals surface area contributed by atoms with Crippen LogP contribution in [0.15, 0.2) is 59.7 Å². The number of benzene rings is 2. The molecule has 0 spiro atoms. The first-order valence-electron chi connectivity index (χ1n) is 9.37. The van der Waals surface area contributed by atoms with Crippen LogP contribution in [0.2, 0.25) is 0 Å². The van der Waals surface area contributed by atoms with Gasteiger partial charge in [0.05, 0.1) is 4.92 Å². The Hall–Kier alpha value is -3.20. The van der Waals surface area contributed by atoms with E-state index in [0.29, 0.717) is 11.5 Å². The molecule has 0 saturated carbocycles. The average molecular weight is 429 g/mol. The van der Waals surface area contributed by atoms with E-state index in [4.69, 9.17) is 0 Å². The summed E-state index contributed by atoms with van der Waals surface area (Å²) in [7, 11) is 0. The third kappa shape index (κ3) is 7.67. The minimum atomic E-state index is -0.814. The summed E-state index contributed by atoms with van der Waals surface area (Å²) in [6.45, 7) is 3.86. The van der Waals surface area contributed by atoms with E-state index in [1.54, 1.807) is 6.21 Å². The number of hydrogen-bond donors (Lipinski definition) is 2. The number of nitrogens with one attached hydrogen (secondary N) is 2. The number of rotatable bonds is 10. The fourth-order valence-electron chi connectivity index (χ4n) is 2.36. The molecule has 0 aromatic heterocycles. The number of carbonyl (C=O) groups excluding carboxylic acids is 2. The first-order chi connectivity index (χ1) is 14.4. The standard InChI is InChI=1S/C21H24N4O4S/c1-15(2)12-22-24-21(27)19(14-30-13-16-6-4-3-5-7-16)23-20(26)17-8-10-18(11-9-17)25(28)29/h3-12,15,19H,13-14H2,1-2H3,(H,23,26)(H,24,27). The molecule has 0 fully saturated rings. The molecule has 0 heterocycles. The van der Waals surface area contributed by atoms with Crippen molar-refractivity contribution in [3.63, 3.8) is 0 Å². The SMILES string of the molecule is CC(C)C=NNC(=O)C(CSCc1ccccc1)NC(=O)c1ccc([N+](=O)[O-])cc1. The maximum atomic E-state index is 12.5. The van der Waals surface area contributed by atoms with Gasteiger partial charge in [-0.05, 0) is 23.6 Å². The lowest BCUT2D eigenvalue weighted by molar-refractivity contribution is -0.384. The van der Waals surface area contributed by atoms with Crippen LogP contribution >= 0.6 is 11.8 Å². The van der Waals surface area contributed by atoms with E-state index in [0.717, 1.165) is 5.56 Å². The van der Waals surface area contributed by atoms with E-state index in [1.165, 1.54) is 36.0 Å². The highest BCUT2D eigenvalue weighted by atomic mass is 32.2. The molecule has 0 aliphatic carbocycles. The van der Waals surface area contributed by atoms with Gasteiger partial charge in [-0.25, -0.2) is 5.43 Å². The summed E-state index contributed by atoms with van der Waals surface area (Å²) >= 11 is 1.51. The molecule has 2 aromatic rings. The summed E-state index contributed by atoms with van der Waals surface area (Å²) in [5.41, 5.74) is 3.69. The summed E-state index contributed by atoms with van der Waals surface area (Å²) in [4.78, 5) is 35.3. The van der Waals surface area contributed by atoms with Gasteiger partial charge in [-0.3, -0.25) is 19.7 Å². The fourth-order valence-corrected chi connectivity index (χ4v) is 3.37. The second-order valence-electron chi connectivity index (χ2n) is 6.83. The largest absolute Gasteiger partial charge is 0.339 e. The van der Waals surface area contributed by atoms with Crippen LogP contribution in [0.3, 0.4) is 0 Å². The quantitative estimate of drug-likeness (QED) is 0.342. The summed E-state index contributed by atoms with van der Waals surface area (Å²) in [5, 5.41) is 17.4. The highest BCUT2D eigenvalue weighted by Gasteiger charge is 2.22.